The van der Waals surface area contributed by atoms with E-state index >= 15 is 0 Å². The number of hydrogen-bond acceptors (Lipinski definition) is 2. The third-order valence-corrected chi connectivity index (χ3v) is 3.54. The predicted molar refractivity (Wildman–Crippen MR) is 75.6 cm³/mol. The van der Waals surface area contributed by atoms with Crippen LogP contribution in [0.2, 0.25) is 0 Å². The van der Waals surface area contributed by atoms with Crippen molar-refractivity contribution >= 4 is 0 Å². The lowest BCUT2D eigenvalue weighted by molar-refractivity contribution is 0.673. The van der Waals surface area contributed by atoms with Crippen molar-refractivity contribution in [1.82, 2.24) is 15.1 Å². The van der Waals surface area contributed by atoms with Crippen LogP contribution >= 0.6 is 0 Å². The first-order valence-electron chi connectivity index (χ1n) is 6.28. The van der Waals surface area contributed by atoms with Crippen LogP contribution in [-0.2, 0) is 13.6 Å². The van der Waals surface area contributed by atoms with Gasteiger partial charge in [-0.15, -0.1) is 0 Å². The maximum atomic E-state index is 4.38. The molecule has 0 saturated heterocycles. The Kier molecular flexibility index (Phi) is 3.53. The fourth-order valence-electron chi connectivity index (χ4n) is 2.32. The standard InChI is InChI=1S/C15H21N3/c1-10-6-12(3)13(7-11(10)2)14-8-17-18(5)15(14)9-16-4/h6-8,16H,9H2,1-5H3. The summed E-state index contributed by atoms with van der Waals surface area (Å²) in [6.07, 6.45) is 1.96. The van der Waals surface area contributed by atoms with Gasteiger partial charge in [0.1, 0.15) is 0 Å². The summed E-state index contributed by atoms with van der Waals surface area (Å²) < 4.78 is 1.94. The number of rotatable bonds is 3. The van der Waals surface area contributed by atoms with Crippen molar-refractivity contribution < 1.29 is 0 Å². The van der Waals surface area contributed by atoms with Gasteiger partial charge in [-0.1, -0.05) is 12.1 Å². The largest absolute Gasteiger partial charge is 0.314 e. The maximum Gasteiger partial charge on any atom is 0.0597 e. The van der Waals surface area contributed by atoms with Crippen LogP contribution in [0.4, 0.5) is 0 Å². The van der Waals surface area contributed by atoms with E-state index in [-0.39, 0.29) is 0 Å². The summed E-state index contributed by atoms with van der Waals surface area (Å²) in [5, 5.41) is 7.59. The van der Waals surface area contributed by atoms with Gasteiger partial charge in [-0.05, 0) is 50.1 Å². The van der Waals surface area contributed by atoms with Crippen LogP contribution in [0, 0.1) is 20.8 Å². The third kappa shape index (κ3) is 2.18. The molecule has 0 atom stereocenters. The minimum atomic E-state index is 0.832. The monoisotopic (exact) mass is 243 g/mol. The number of nitrogens with one attached hydrogen (secondary N) is 1. The van der Waals surface area contributed by atoms with E-state index in [0.717, 1.165) is 6.54 Å². The van der Waals surface area contributed by atoms with E-state index in [1.165, 1.54) is 33.5 Å². The summed E-state index contributed by atoms with van der Waals surface area (Å²) in [7, 11) is 3.95. The highest BCUT2D eigenvalue weighted by molar-refractivity contribution is 5.70. The topological polar surface area (TPSA) is 29.9 Å². The highest BCUT2D eigenvalue weighted by Gasteiger charge is 2.12. The first-order chi connectivity index (χ1) is 8.54. The molecule has 0 aliphatic heterocycles. The second-order valence-corrected chi connectivity index (χ2v) is 4.91. The summed E-state index contributed by atoms with van der Waals surface area (Å²) in [4.78, 5) is 0. The van der Waals surface area contributed by atoms with Gasteiger partial charge in [0.15, 0.2) is 0 Å². The molecule has 3 nitrogen and oxygen atoms in total. The average Bonchev–Trinajstić information content (AvgIpc) is 2.67. The van der Waals surface area contributed by atoms with Gasteiger partial charge in [-0.2, -0.15) is 5.10 Å². The number of aryl methyl sites for hydroxylation is 4. The minimum absolute atomic E-state index is 0.832. The van der Waals surface area contributed by atoms with Gasteiger partial charge in [-0.25, -0.2) is 0 Å². The molecule has 0 spiro atoms. The molecule has 0 aliphatic carbocycles. The predicted octanol–water partition coefficient (Wildman–Crippen LogP) is 2.73. The molecule has 1 N–H and O–H groups in total. The zero-order chi connectivity index (χ0) is 13.3. The summed E-state index contributed by atoms with van der Waals surface area (Å²) in [6, 6.07) is 4.52. The van der Waals surface area contributed by atoms with Crippen LogP contribution in [0.1, 0.15) is 22.4 Å². The van der Waals surface area contributed by atoms with Crippen molar-refractivity contribution in [3.8, 4) is 11.1 Å². The molecule has 96 valence electrons. The third-order valence-electron chi connectivity index (χ3n) is 3.54. The Morgan fingerprint density at radius 2 is 1.72 bits per heavy atom. The molecule has 1 aromatic heterocycles. The van der Waals surface area contributed by atoms with E-state index < -0.39 is 0 Å². The van der Waals surface area contributed by atoms with Crippen molar-refractivity contribution in [1.29, 1.82) is 0 Å². The lowest BCUT2D eigenvalue weighted by Gasteiger charge is -2.11. The van der Waals surface area contributed by atoms with Crippen LogP contribution in [-0.4, -0.2) is 16.8 Å². The van der Waals surface area contributed by atoms with Crippen LogP contribution in [0.3, 0.4) is 0 Å². The highest BCUT2D eigenvalue weighted by Crippen LogP contribution is 2.28. The molecule has 0 amide bonds. The Hall–Kier alpha value is -1.61. The Morgan fingerprint density at radius 3 is 2.39 bits per heavy atom. The molecular formula is C15H21N3. The molecule has 0 bridgehead atoms. The molecule has 0 saturated carbocycles. The molecule has 1 heterocycles. The van der Waals surface area contributed by atoms with Gasteiger partial charge in [0, 0.05) is 19.2 Å². The van der Waals surface area contributed by atoms with Gasteiger partial charge in [0.05, 0.1) is 11.9 Å². The zero-order valence-corrected chi connectivity index (χ0v) is 11.8. The summed E-state index contributed by atoms with van der Waals surface area (Å²) >= 11 is 0. The molecular weight excluding hydrogens is 222 g/mol. The molecule has 0 unspecified atom stereocenters. The quantitative estimate of drug-likeness (QED) is 0.898. The van der Waals surface area contributed by atoms with Gasteiger partial charge in [-0.3, -0.25) is 4.68 Å². The molecule has 2 rings (SSSR count). The second-order valence-electron chi connectivity index (χ2n) is 4.91. The fraction of sp³-hybridized carbons (Fsp3) is 0.400. The van der Waals surface area contributed by atoms with Gasteiger partial charge in [0.25, 0.3) is 0 Å². The molecule has 1 aromatic carbocycles. The maximum absolute atomic E-state index is 4.38. The molecule has 18 heavy (non-hydrogen) atoms. The Bertz CT molecular complexity index is 567. The minimum Gasteiger partial charge on any atom is -0.314 e. The van der Waals surface area contributed by atoms with E-state index in [2.05, 4.69) is 43.3 Å². The van der Waals surface area contributed by atoms with Crippen LogP contribution in [0.25, 0.3) is 11.1 Å². The summed E-state index contributed by atoms with van der Waals surface area (Å²) in [5.41, 5.74) is 7.72. The molecule has 0 aliphatic rings. The van der Waals surface area contributed by atoms with E-state index in [0.29, 0.717) is 0 Å². The average molecular weight is 243 g/mol. The lowest BCUT2D eigenvalue weighted by atomic mass is 9.96. The van der Waals surface area contributed by atoms with Gasteiger partial charge in [0.2, 0.25) is 0 Å². The fourth-order valence-corrected chi connectivity index (χ4v) is 2.32. The van der Waals surface area contributed by atoms with Crippen molar-refractivity contribution in [3.63, 3.8) is 0 Å². The summed E-state index contributed by atoms with van der Waals surface area (Å²) in [6.45, 7) is 7.31. The van der Waals surface area contributed by atoms with Crippen molar-refractivity contribution in [3.05, 3.63) is 40.7 Å². The van der Waals surface area contributed by atoms with Crippen molar-refractivity contribution in [2.45, 2.75) is 27.3 Å². The Labute approximate surface area is 109 Å². The lowest BCUT2D eigenvalue weighted by Crippen LogP contribution is -2.10. The number of nitrogens with zero attached hydrogens (tertiary/aromatic N) is 2. The SMILES string of the molecule is CNCc1c(-c2cc(C)c(C)cc2C)cnn1C. The molecule has 0 fully saturated rings. The van der Waals surface area contributed by atoms with E-state index in [1.54, 1.807) is 0 Å². The zero-order valence-electron chi connectivity index (χ0n) is 11.8. The van der Waals surface area contributed by atoms with Crippen molar-refractivity contribution in [2.24, 2.45) is 7.05 Å². The smallest absolute Gasteiger partial charge is 0.0597 e. The van der Waals surface area contributed by atoms with Crippen LogP contribution in [0.5, 0.6) is 0 Å². The normalized spacial score (nSPS) is 10.9. The molecule has 3 heteroatoms. The molecule has 2 aromatic rings. The van der Waals surface area contributed by atoms with E-state index in [1.807, 2.05) is 25.0 Å². The van der Waals surface area contributed by atoms with Crippen LogP contribution in [0.15, 0.2) is 18.3 Å². The van der Waals surface area contributed by atoms with E-state index in [4.69, 9.17) is 0 Å². The Morgan fingerprint density at radius 1 is 1.06 bits per heavy atom. The first-order valence-corrected chi connectivity index (χ1v) is 6.28. The number of aromatic nitrogens is 2. The van der Waals surface area contributed by atoms with E-state index in [9.17, 15) is 0 Å². The Balaban J connectivity index is 2.58. The molecule has 0 radical (unpaired) electrons. The van der Waals surface area contributed by atoms with Crippen molar-refractivity contribution in [2.75, 3.05) is 7.05 Å². The number of hydrogen-bond donors (Lipinski definition) is 1. The summed E-state index contributed by atoms with van der Waals surface area (Å²) in [5.74, 6) is 0. The number of benzene rings is 1. The van der Waals surface area contributed by atoms with Gasteiger partial charge < -0.3 is 5.32 Å². The highest BCUT2D eigenvalue weighted by atomic mass is 15.3. The van der Waals surface area contributed by atoms with Gasteiger partial charge >= 0.3 is 0 Å². The van der Waals surface area contributed by atoms with Crippen LogP contribution < -0.4 is 5.32 Å². The first kappa shape index (κ1) is 12.8. The second kappa shape index (κ2) is 4.94.